The number of hydrogen-bond donors (Lipinski definition) is 4. The molecule has 4 N–H and O–H groups in total. The summed E-state index contributed by atoms with van der Waals surface area (Å²) in [4.78, 5) is 25.4. The number of amides is 2. The van der Waals surface area contributed by atoms with Crippen molar-refractivity contribution in [3.63, 3.8) is 0 Å². The van der Waals surface area contributed by atoms with Crippen molar-refractivity contribution < 1.29 is 24.2 Å². The van der Waals surface area contributed by atoms with Gasteiger partial charge in [-0.3, -0.25) is 0 Å². The summed E-state index contributed by atoms with van der Waals surface area (Å²) in [7, 11) is 0. The Kier molecular flexibility index (Phi) is 5.12. The van der Waals surface area contributed by atoms with Gasteiger partial charge in [0.05, 0.1) is 12.7 Å². The van der Waals surface area contributed by atoms with E-state index < -0.39 is 18.1 Å². The number of aliphatic hydroxyl groups excluding tert-OH is 1. The van der Waals surface area contributed by atoms with Crippen LogP contribution in [0.5, 0.6) is 0 Å². The molecule has 0 spiro atoms. The third-order valence-corrected chi connectivity index (χ3v) is 2.06. The fraction of sp³-hybridized carbons (Fsp3) is 0.500. The molecule has 2 amide bonds. The van der Waals surface area contributed by atoms with Crippen LogP contribution in [0.25, 0.3) is 0 Å². The van der Waals surface area contributed by atoms with Gasteiger partial charge in [0.15, 0.2) is 6.10 Å². The van der Waals surface area contributed by atoms with E-state index in [0.717, 1.165) is 0 Å². The third-order valence-electron chi connectivity index (χ3n) is 2.06. The van der Waals surface area contributed by atoms with Crippen molar-refractivity contribution in [3.8, 4) is 0 Å². The number of carbonyl (C=O) groups is 2. The molecular weight excluding hydrogens is 242 g/mol. The molecule has 100 valence electrons. The summed E-state index contributed by atoms with van der Waals surface area (Å²) in [6, 6.07) is -0.483. The molecule has 8 nitrogen and oxygen atoms in total. The Bertz CT molecular complexity index is 417. The Hall–Kier alpha value is -2.09. The molecule has 1 atom stereocenters. The zero-order valence-electron chi connectivity index (χ0n) is 9.84. The van der Waals surface area contributed by atoms with Gasteiger partial charge in [0.1, 0.15) is 5.76 Å². The van der Waals surface area contributed by atoms with Crippen molar-refractivity contribution in [2.24, 2.45) is 0 Å². The molecule has 0 saturated heterocycles. The first-order valence-corrected chi connectivity index (χ1v) is 5.33. The first-order chi connectivity index (χ1) is 8.49. The summed E-state index contributed by atoms with van der Waals surface area (Å²) in [5.41, 5.74) is 0. The molecule has 1 aromatic rings. The van der Waals surface area contributed by atoms with Crippen LogP contribution < -0.4 is 10.6 Å². The van der Waals surface area contributed by atoms with Crippen LogP contribution in [-0.4, -0.2) is 39.8 Å². The molecule has 0 radical (unpaired) electrons. The van der Waals surface area contributed by atoms with Gasteiger partial charge in [-0.1, -0.05) is 0 Å². The van der Waals surface area contributed by atoms with Crippen molar-refractivity contribution in [2.45, 2.75) is 26.0 Å². The van der Waals surface area contributed by atoms with E-state index in [2.05, 4.69) is 15.6 Å². The summed E-state index contributed by atoms with van der Waals surface area (Å²) in [5.74, 6) is -0.280. The van der Waals surface area contributed by atoms with Crippen LogP contribution in [-0.2, 0) is 11.3 Å². The first-order valence-electron chi connectivity index (χ1n) is 5.33. The Morgan fingerprint density at radius 1 is 1.50 bits per heavy atom. The number of nitrogens with one attached hydrogen (secondary N) is 2. The highest BCUT2D eigenvalue weighted by Crippen LogP contribution is 2.00. The number of carboxylic acids is 1. The van der Waals surface area contributed by atoms with Gasteiger partial charge in [0, 0.05) is 13.0 Å². The molecule has 1 aromatic heterocycles. The maximum absolute atomic E-state index is 11.3. The molecule has 18 heavy (non-hydrogen) atoms. The number of aliphatic carboxylic acids is 1. The fourth-order valence-electron chi connectivity index (χ4n) is 1.15. The number of aliphatic hydroxyl groups is 1. The Labute approximate surface area is 103 Å². The van der Waals surface area contributed by atoms with Crippen LogP contribution >= 0.6 is 0 Å². The van der Waals surface area contributed by atoms with E-state index in [1.165, 1.54) is 6.20 Å². The second-order valence-corrected chi connectivity index (χ2v) is 3.62. The predicted octanol–water partition coefficient (Wildman–Crippen LogP) is -0.382. The maximum atomic E-state index is 11.3. The van der Waals surface area contributed by atoms with E-state index in [0.29, 0.717) is 11.7 Å². The number of oxazole rings is 1. The normalized spacial score (nSPS) is 11.9. The number of aromatic nitrogens is 1. The summed E-state index contributed by atoms with van der Waals surface area (Å²) < 4.78 is 5.14. The zero-order valence-corrected chi connectivity index (χ0v) is 9.84. The van der Waals surface area contributed by atoms with Gasteiger partial charge >= 0.3 is 12.0 Å². The van der Waals surface area contributed by atoms with Gasteiger partial charge in [0.2, 0.25) is 5.89 Å². The van der Waals surface area contributed by atoms with Crippen LogP contribution in [0.4, 0.5) is 4.79 Å². The number of rotatable bonds is 6. The summed E-state index contributed by atoms with van der Waals surface area (Å²) in [6.45, 7) is 1.94. The predicted molar refractivity (Wildman–Crippen MR) is 59.7 cm³/mol. The minimum absolute atomic E-state index is 0.0547. The molecule has 0 aromatic carbocycles. The smallest absolute Gasteiger partial charge is 0.332 e. The highest BCUT2D eigenvalue weighted by Gasteiger charge is 2.12. The largest absolute Gasteiger partial charge is 0.479 e. The topological polar surface area (TPSA) is 125 Å². The molecule has 0 unspecified atom stereocenters. The van der Waals surface area contributed by atoms with E-state index in [1.54, 1.807) is 6.92 Å². The Morgan fingerprint density at radius 3 is 2.78 bits per heavy atom. The van der Waals surface area contributed by atoms with Crippen LogP contribution in [0.2, 0.25) is 0 Å². The highest BCUT2D eigenvalue weighted by molar-refractivity contribution is 5.74. The summed E-state index contributed by atoms with van der Waals surface area (Å²) >= 11 is 0. The van der Waals surface area contributed by atoms with Crippen LogP contribution in [0, 0.1) is 6.92 Å². The van der Waals surface area contributed by atoms with Crippen molar-refractivity contribution in [1.29, 1.82) is 0 Å². The Morgan fingerprint density at radius 2 is 2.22 bits per heavy atom. The number of hydrogen-bond acceptors (Lipinski definition) is 5. The second kappa shape index (κ2) is 6.60. The monoisotopic (exact) mass is 257 g/mol. The van der Waals surface area contributed by atoms with Gasteiger partial charge < -0.3 is 25.3 Å². The Balaban J connectivity index is 2.16. The van der Waals surface area contributed by atoms with Gasteiger partial charge in [0.25, 0.3) is 0 Å². The standard InChI is InChI=1S/C10H15N3O5/c1-6-4-12-8(18-6)5-13-10(17)11-3-2-7(14)9(15)16/h4,7,14H,2-3,5H2,1H3,(H,15,16)(H2,11,13,17)/t7-/m0/s1. The molecule has 0 fully saturated rings. The molecule has 0 saturated carbocycles. The molecular formula is C10H15N3O5. The van der Waals surface area contributed by atoms with Crippen LogP contribution in [0.1, 0.15) is 18.1 Å². The van der Waals surface area contributed by atoms with Gasteiger partial charge in [-0.25, -0.2) is 14.6 Å². The molecule has 1 rings (SSSR count). The molecule has 1 heterocycles. The lowest BCUT2D eigenvalue weighted by molar-refractivity contribution is -0.146. The van der Waals surface area contributed by atoms with Crippen molar-refractivity contribution in [2.75, 3.05) is 6.54 Å². The summed E-state index contributed by atoms with van der Waals surface area (Å²) in [6.07, 6.45) is 0.0126. The number of aryl methyl sites for hydroxylation is 1. The van der Waals surface area contributed by atoms with Crippen molar-refractivity contribution >= 4 is 12.0 Å². The number of nitrogens with zero attached hydrogens (tertiary/aromatic N) is 1. The van der Waals surface area contributed by atoms with Crippen LogP contribution in [0.3, 0.4) is 0 Å². The number of urea groups is 1. The average Bonchev–Trinajstić information content (AvgIpc) is 2.72. The minimum Gasteiger partial charge on any atom is -0.479 e. The SMILES string of the molecule is Cc1cnc(CNC(=O)NCC[C@H](O)C(=O)O)o1. The quantitative estimate of drug-likeness (QED) is 0.550. The molecule has 0 bridgehead atoms. The maximum Gasteiger partial charge on any atom is 0.332 e. The zero-order chi connectivity index (χ0) is 13.5. The van der Waals surface area contributed by atoms with E-state index in [4.69, 9.17) is 14.6 Å². The van der Waals surface area contributed by atoms with Gasteiger partial charge in [-0.2, -0.15) is 0 Å². The molecule has 0 aliphatic rings. The minimum atomic E-state index is -1.47. The molecule has 0 aliphatic heterocycles. The van der Waals surface area contributed by atoms with Crippen molar-refractivity contribution in [1.82, 2.24) is 15.6 Å². The highest BCUT2D eigenvalue weighted by atomic mass is 16.4. The molecule has 8 heteroatoms. The first kappa shape index (κ1) is 14.0. The average molecular weight is 257 g/mol. The van der Waals surface area contributed by atoms with E-state index in [-0.39, 0.29) is 19.5 Å². The van der Waals surface area contributed by atoms with Gasteiger partial charge in [-0.15, -0.1) is 0 Å². The van der Waals surface area contributed by atoms with Crippen LogP contribution in [0.15, 0.2) is 10.6 Å². The van der Waals surface area contributed by atoms with E-state index in [1.807, 2.05) is 0 Å². The van der Waals surface area contributed by atoms with Gasteiger partial charge in [-0.05, 0) is 6.92 Å². The lowest BCUT2D eigenvalue weighted by atomic mass is 10.2. The van der Waals surface area contributed by atoms with E-state index >= 15 is 0 Å². The van der Waals surface area contributed by atoms with E-state index in [9.17, 15) is 9.59 Å². The van der Waals surface area contributed by atoms with Crippen molar-refractivity contribution in [3.05, 3.63) is 17.8 Å². The fourth-order valence-corrected chi connectivity index (χ4v) is 1.15. The second-order valence-electron chi connectivity index (χ2n) is 3.62. The lowest BCUT2D eigenvalue weighted by Gasteiger charge is -2.07. The lowest BCUT2D eigenvalue weighted by Crippen LogP contribution is -2.37. The third kappa shape index (κ3) is 4.83. The summed E-state index contributed by atoms with van der Waals surface area (Å²) in [5, 5.41) is 22.2. The number of carbonyl (C=O) groups excluding carboxylic acids is 1. The molecule has 0 aliphatic carbocycles. The number of carboxylic acid groups (broad SMARTS) is 1.